The summed E-state index contributed by atoms with van der Waals surface area (Å²) >= 11 is 5.95. The van der Waals surface area contributed by atoms with E-state index in [4.69, 9.17) is 16.3 Å². The minimum Gasteiger partial charge on any atom is -0.462 e. The Kier molecular flexibility index (Phi) is 5.00. The third-order valence-electron chi connectivity index (χ3n) is 3.75. The van der Waals surface area contributed by atoms with Gasteiger partial charge in [0.25, 0.3) is 5.56 Å². The maximum atomic E-state index is 12.6. The SMILES string of the molecule is CCOC(=O)c1c(-c2ccc(Cl)cc2)cc(-c2ccccc2)[nH]c1=O. The van der Waals surface area contributed by atoms with Crippen molar-refractivity contribution in [2.24, 2.45) is 0 Å². The second-order valence-electron chi connectivity index (χ2n) is 5.39. The van der Waals surface area contributed by atoms with Gasteiger partial charge in [-0.2, -0.15) is 0 Å². The van der Waals surface area contributed by atoms with Gasteiger partial charge in [0.2, 0.25) is 0 Å². The fourth-order valence-electron chi connectivity index (χ4n) is 2.60. The van der Waals surface area contributed by atoms with Crippen LogP contribution in [0.15, 0.2) is 65.5 Å². The number of hydrogen-bond acceptors (Lipinski definition) is 3. The predicted octanol–water partition coefficient (Wildman–Crippen LogP) is 4.54. The van der Waals surface area contributed by atoms with Crippen molar-refractivity contribution in [3.05, 3.63) is 81.6 Å². The largest absolute Gasteiger partial charge is 0.462 e. The number of carbonyl (C=O) groups is 1. The van der Waals surface area contributed by atoms with Crippen molar-refractivity contribution >= 4 is 17.6 Å². The first-order valence-corrected chi connectivity index (χ1v) is 8.23. The lowest BCUT2D eigenvalue weighted by Crippen LogP contribution is -2.21. The number of benzene rings is 2. The zero-order valence-electron chi connectivity index (χ0n) is 13.6. The topological polar surface area (TPSA) is 59.2 Å². The van der Waals surface area contributed by atoms with Gasteiger partial charge >= 0.3 is 5.97 Å². The molecule has 0 unspecified atom stereocenters. The molecule has 0 aliphatic rings. The molecular weight excluding hydrogens is 338 g/mol. The van der Waals surface area contributed by atoms with Crippen molar-refractivity contribution in [2.75, 3.05) is 6.61 Å². The Morgan fingerprint density at radius 2 is 1.72 bits per heavy atom. The molecule has 25 heavy (non-hydrogen) atoms. The smallest absolute Gasteiger partial charge is 0.344 e. The van der Waals surface area contributed by atoms with Gasteiger partial charge in [0.05, 0.1) is 6.61 Å². The van der Waals surface area contributed by atoms with Crippen LogP contribution in [0.1, 0.15) is 17.3 Å². The molecule has 126 valence electrons. The number of aromatic amines is 1. The number of pyridine rings is 1. The zero-order valence-corrected chi connectivity index (χ0v) is 14.3. The highest BCUT2D eigenvalue weighted by Crippen LogP contribution is 2.27. The Balaban J connectivity index is 2.23. The minimum absolute atomic E-state index is 0.0103. The Hall–Kier alpha value is -2.85. The lowest BCUT2D eigenvalue weighted by molar-refractivity contribution is 0.0525. The van der Waals surface area contributed by atoms with Crippen LogP contribution in [0.2, 0.25) is 5.02 Å². The summed E-state index contributed by atoms with van der Waals surface area (Å²) in [6, 6.07) is 18.2. The van der Waals surface area contributed by atoms with Gasteiger partial charge in [-0.15, -0.1) is 0 Å². The molecule has 5 heteroatoms. The highest BCUT2D eigenvalue weighted by molar-refractivity contribution is 6.30. The van der Waals surface area contributed by atoms with Crippen LogP contribution in [0.5, 0.6) is 0 Å². The Bertz CT molecular complexity index is 947. The molecule has 0 amide bonds. The molecule has 1 aromatic heterocycles. The van der Waals surface area contributed by atoms with Gasteiger partial charge < -0.3 is 9.72 Å². The minimum atomic E-state index is -0.645. The van der Waals surface area contributed by atoms with Gasteiger partial charge in [-0.3, -0.25) is 4.79 Å². The lowest BCUT2D eigenvalue weighted by atomic mass is 9.98. The van der Waals surface area contributed by atoms with E-state index < -0.39 is 11.5 Å². The molecule has 1 heterocycles. The van der Waals surface area contributed by atoms with Crippen molar-refractivity contribution in [1.82, 2.24) is 4.98 Å². The molecular formula is C20H16ClNO3. The number of halogens is 1. The molecule has 0 atom stereocenters. The first-order chi connectivity index (χ1) is 12.1. The predicted molar refractivity (Wildman–Crippen MR) is 98.9 cm³/mol. The number of carbonyl (C=O) groups excluding carboxylic acids is 1. The van der Waals surface area contributed by atoms with Crippen molar-refractivity contribution in [3.8, 4) is 22.4 Å². The van der Waals surface area contributed by atoms with Gasteiger partial charge in [-0.1, -0.05) is 54.1 Å². The summed E-state index contributed by atoms with van der Waals surface area (Å²) in [6.07, 6.45) is 0. The van der Waals surface area contributed by atoms with Crippen molar-refractivity contribution < 1.29 is 9.53 Å². The van der Waals surface area contributed by atoms with E-state index >= 15 is 0 Å². The van der Waals surface area contributed by atoms with E-state index in [2.05, 4.69) is 4.98 Å². The van der Waals surface area contributed by atoms with Crippen LogP contribution >= 0.6 is 11.6 Å². The van der Waals surface area contributed by atoms with Crippen LogP contribution in [0, 0.1) is 0 Å². The fraction of sp³-hybridized carbons (Fsp3) is 0.100. The van der Waals surface area contributed by atoms with Gasteiger partial charge in [0, 0.05) is 16.3 Å². The van der Waals surface area contributed by atoms with E-state index in [1.54, 1.807) is 37.3 Å². The summed E-state index contributed by atoms with van der Waals surface area (Å²) in [6.45, 7) is 1.89. The Morgan fingerprint density at radius 1 is 1.04 bits per heavy atom. The van der Waals surface area contributed by atoms with E-state index in [1.165, 1.54) is 0 Å². The van der Waals surface area contributed by atoms with E-state index in [0.29, 0.717) is 16.3 Å². The number of ether oxygens (including phenoxy) is 1. The third kappa shape index (κ3) is 3.64. The standard InChI is InChI=1S/C20H16ClNO3/c1-2-25-20(24)18-16(13-8-10-15(21)11-9-13)12-17(22-19(18)23)14-6-4-3-5-7-14/h3-12H,2H2,1H3,(H,22,23). The molecule has 0 fully saturated rings. The number of hydrogen-bond donors (Lipinski definition) is 1. The molecule has 3 aromatic rings. The molecule has 1 N–H and O–H groups in total. The molecule has 0 aliphatic carbocycles. The van der Waals surface area contributed by atoms with E-state index in [9.17, 15) is 9.59 Å². The van der Waals surface area contributed by atoms with Crippen LogP contribution in [-0.2, 0) is 4.74 Å². The number of rotatable bonds is 4. The second-order valence-corrected chi connectivity index (χ2v) is 5.83. The molecule has 3 rings (SSSR count). The van der Waals surface area contributed by atoms with Gasteiger partial charge in [0.1, 0.15) is 5.56 Å². The van der Waals surface area contributed by atoms with Crippen LogP contribution in [-0.4, -0.2) is 17.6 Å². The molecule has 2 aromatic carbocycles. The van der Waals surface area contributed by atoms with Crippen LogP contribution in [0.3, 0.4) is 0 Å². The van der Waals surface area contributed by atoms with E-state index in [0.717, 1.165) is 11.1 Å². The van der Waals surface area contributed by atoms with Crippen molar-refractivity contribution in [2.45, 2.75) is 6.92 Å². The summed E-state index contributed by atoms with van der Waals surface area (Å²) < 4.78 is 5.06. The first kappa shape index (κ1) is 17.0. The fourth-order valence-corrected chi connectivity index (χ4v) is 2.72. The third-order valence-corrected chi connectivity index (χ3v) is 4.00. The second kappa shape index (κ2) is 7.36. The highest BCUT2D eigenvalue weighted by atomic mass is 35.5. The molecule has 0 saturated carbocycles. The maximum absolute atomic E-state index is 12.6. The monoisotopic (exact) mass is 353 g/mol. The number of esters is 1. The normalized spacial score (nSPS) is 10.5. The quantitative estimate of drug-likeness (QED) is 0.700. The maximum Gasteiger partial charge on any atom is 0.344 e. The summed E-state index contributed by atoms with van der Waals surface area (Å²) in [5.41, 5.74) is 2.22. The van der Waals surface area contributed by atoms with Gasteiger partial charge in [-0.25, -0.2) is 4.79 Å². The average molecular weight is 354 g/mol. The zero-order chi connectivity index (χ0) is 17.8. The Morgan fingerprint density at radius 3 is 2.36 bits per heavy atom. The summed E-state index contributed by atoms with van der Waals surface area (Å²) in [7, 11) is 0. The van der Waals surface area contributed by atoms with Crippen LogP contribution in [0.25, 0.3) is 22.4 Å². The van der Waals surface area contributed by atoms with Crippen LogP contribution in [0.4, 0.5) is 0 Å². The number of H-pyrrole nitrogens is 1. The molecule has 0 aliphatic heterocycles. The highest BCUT2D eigenvalue weighted by Gasteiger charge is 2.20. The molecule has 0 radical (unpaired) electrons. The Labute approximate surface area is 150 Å². The average Bonchev–Trinajstić information content (AvgIpc) is 2.62. The summed E-state index contributed by atoms with van der Waals surface area (Å²) in [4.78, 5) is 27.7. The van der Waals surface area contributed by atoms with Crippen molar-refractivity contribution in [1.29, 1.82) is 0 Å². The van der Waals surface area contributed by atoms with E-state index in [1.807, 2.05) is 30.3 Å². The molecule has 4 nitrogen and oxygen atoms in total. The number of aromatic nitrogens is 1. The number of nitrogens with one attached hydrogen (secondary N) is 1. The van der Waals surface area contributed by atoms with Gasteiger partial charge in [-0.05, 0) is 36.2 Å². The van der Waals surface area contributed by atoms with Crippen LogP contribution < -0.4 is 5.56 Å². The lowest BCUT2D eigenvalue weighted by Gasteiger charge is -2.11. The summed E-state index contributed by atoms with van der Waals surface area (Å²) in [5, 5.41) is 0.578. The molecule has 0 spiro atoms. The first-order valence-electron chi connectivity index (χ1n) is 7.86. The van der Waals surface area contributed by atoms with Gasteiger partial charge in [0.15, 0.2) is 0 Å². The van der Waals surface area contributed by atoms with E-state index in [-0.39, 0.29) is 12.2 Å². The van der Waals surface area contributed by atoms with Crippen molar-refractivity contribution in [3.63, 3.8) is 0 Å². The summed E-state index contributed by atoms with van der Waals surface area (Å²) in [5.74, 6) is -0.645. The molecule has 0 bridgehead atoms. The molecule has 0 saturated heterocycles.